The number of hydrogen-bond donors (Lipinski definition) is 1. The minimum absolute atomic E-state index is 0.592. The molecule has 1 aromatic carbocycles. The summed E-state index contributed by atoms with van der Waals surface area (Å²) in [5.41, 5.74) is 3.92. The summed E-state index contributed by atoms with van der Waals surface area (Å²) in [6.45, 7) is 2.12. The summed E-state index contributed by atoms with van der Waals surface area (Å²) < 4.78 is 5.16. The molecule has 5 heteroatoms. The molecule has 3 aromatic rings. The molecule has 4 rings (SSSR count). The Bertz CT molecular complexity index is 875. The highest BCUT2D eigenvalue weighted by molar-refractivity contribution is 7.98. The molecule has 26 heavy (non-hydrogen) atoms. The summed E-state index contributed by atoms with van der Waals surface area (Å²) in [6.07, 6.45) is 9.90. The van der Waals surface area contributed by atoms with Crippen molar-refractivity contribution in [1.82, 2.24) is 14.9 Å². The van der Waals surface area contributed by atoms with Crippen molar-refractivity contribution in [1.29, 1.82) is 0 Å². The van der Waals surface area contributed by atoms with Crippen LogP contribution in [0.3, 0.4) is 0 Å². The Morgan fingerprint density at radius 2 is 2.23 bits per heavy atom. The Labute approximate surface area is 159 Å². The van der Waals surface area contributed by atoms with Gasteiger partial charge >= 0.3 is 0 Å². The zero-order valence-corrected chi connectivity index (χ0v) is 16.2. The van der Waals surface area contributed by atoms with Gasteiger partial charge in [0.1, 0.15) is 0 Å². The van der Waals surface area contributed by atoms with E-state index in [0.717, 1.165) is 19.5 Å². The molecule has 1 aliphatic rings. The van der Waals surface area contributed by atoms with Gasteiger partial charge in [0.05, 0.1) is 7.11 Å². The number of benzene rings is 1. The second-order valence-corrected chi connectivity index (χ2v) is 7.78. The van der Waals surface area contributed by atoms with E-state index in [9.17, 15) is 0 Å². The molecule has 0 aliphatic carbocycles. The second kappa shape index (κ2) is 7.72. The van der Waals surface area contributed by atoms with E-state index in [2.05, 4.69) is 51.6 Å². The fraction of sp³-hybridized carbons (Fsp3) is 0.381. The summed E-state index contributed by atoms with van der Waals surface area (Å²) in [5.74, 6) is 0.676. The van der Waals surface area contributed by atoms with E-state index in [1.807, 2.05) is 12.3 Å². The van der Waals surface area contributed by atoms with E-state index >= 15 is 0 Å². The monoisotopic (exact) mass is 367 g/mol. The Morgan fingerprint density at radius 3 is 3.00 bits per heavy atom. The van der Waals surface area contributed by atoms with Crippen molar-refractivity contribution < 1.29 is 4.74 Å². The van der Waals surface area contributed by atoms with Crippen LogP contribution in [0.5, 0.6) is 5.88 Å². The molecular weight excluding hydrogens is 342 g/mol. The molecule has 136 valence electrons. The molecule has 0 bridgehead atoms. The van der Waals surface area contributed by atoms with Gasteiger partial charge in [-0.1, -0.05) is 6.07 Å². The molecule has 1 saturated heterocycles. The number of rotatable bonds is 6. The SMILES string of the molecule is COc1ccc(CN2CCC[C@@H]2Cc2c[nH]c3ccc(SC)cc23)cn1. The van der Waals surface area contributed by atoms with Crippen LogP contribution in [-0.2, 0) is 13.0 Å². The van der Waals surface area contributed by atoms with E-state index in [4.69, 9.17) is 4.74 Å². The van der Waals surface area contributed by atoms with Crippen molar-refractivity contribution in [2.75, 3.05) is 19.9 Å². The highest BCUT2D eigenvalue weighted by atomic mass is 32.2. The molecule has 0 saturated carbocycles. The summed E-state index contributed by atoms with van der Waals surface area (Å²) in [5, 5.41) is 1.37. The predicted molar refractivity (Wildman–Crippen MR) is 108 cm³/mol. The lowest BCUT2D eigenvalue weighted by molar-refractivity contribution is 0.244. The number of likely N-dealkylation sites (tertiary alicyclic amines) is 1. The lowest BCUT2D eigenvalue weighted by Gasteiger charge is -2.24. The predicted octanol–water partition coefficient (Wildman–Crippen LogP) is 4.50. The van der Waals surface area contributed by atoms with Gasteiger partial charge in [0.25, 0.3) is 0 Å². The van der Waals surface area contributed by atoms with Crippen LogP contribution in [0.15, 0.2) is 47.6 Å². The van der Waals surface area contributed by atoms with Crippen LogP contribution >= 0.6 is 11.8 Å². The number of aromatic nitrogens is 2. The highest BCUT2D eigenvalue weighted by Crippen LogP contribution is 2.29. The fourth-order valence-electron chi connectivity index (χ4n) is 3.90. The van der Waals surface area contributed by atoms with Gasteiger partial charge in [0.2, 0.25) is 5.88 Å². The van der Waals surface area contributed by atoms with Gasteiger partial charge in [0.15, 0.2) is 0 Å². The summed E-state index contributed by atoms with van der Waals surface area (Å²) in [7, 11) is 1.65. The minimum atomic E-state index is 0.592. The summed E-state index contributed by atoms with van der Waals surface area (Å²) in [6, 6.07) is 11.4. The minimum Gasteiger partial charge on any atom is -0.481 e. The summed E-state index contributed by atoms with van der Waals surface area (Å²) >= 11 is 1.80. The summed E-state index contributed by atoms with van der Waals surface area (Å²) in [4.78, 5) is 11.7. The van der Waals surface area contributed by atoms with Crippen LogP contribution in [0.4, 0.5) is 0 Å². The maximum absolute atomic E-state index is 5.16. The Kier molecular flexibility index (Phi) is 5.18. The van der Waals surface area contributed by atoms with Gasteiger partial charge < -0.3 is 9.72 Å². The van der Waals surface area contributed by atoms with E-state index in [1.54, 1.807) is 18.9 Å². The zero-order chi connectivity index (χ0) is 17.9. The molecule has 0 amide bonds. The zero-order valence-electron chi connectivity index (χ0n) is 15.4. The van der Waals surface area contributed by atoms with E-state index < -0.39 is 0 Å². The van der Waals surface area contributed by atoms with Crippen LogP contribution in [0.25, 0.3) is 10.9 Å². The molecule has 4 nitrogen and oxygen atoms in total. The van der Waals surface area contributed by atoms with Gasteiger partial charge in [-0.25, -0.2) is 4.98 Å². The van der Waals surface area contributed by atoms with Gasteiger partial charge in [-0.15, -0.1) is 11.8 Å². The standard InChI is InChI=1S/C21H25N3OS/c1-25-21-8-5-15(12-23-21)14-24-9-3-4-17(24)10-16-13-22-20-7-6-18(26-2)11-19(16)20/h5-8,11-13,17,22H,3-4,9-10,14H2,1-2H3/t17-/m1/s1. The van der Waals surface area contributed by atoms with Crippen LogP contribution in [0.2, 0.25) is 0 Å². The number of fused-ring (bicyclic) bond motifs is 1. The van der Waals surface area contributed by atoms with Crippen molar-refractivity contribution in [2.45, 2.75) is 36.7 Å². The number of pyridine rings is 1. The third kappa shape index (κ3) is 3.60. The van der Waals surface area contributed by atoms with Crippen molar-refractivity contribution in [3.63, 3.8) is 0 Å². The largest absolute Gasteiger partial charge is 0.481 e. The average molecular weight is 368 g/mol. The topological polar surface area (TPSA) is 41.1 Å². The van der Waals surface area contributed by atoms with Gasteiger partial charge in [-0.05, 0) is 61.4 Å². The number of methoxy groups -OCH3 is 1. The number of hydrogen-bond acceptors (Lipinski definition) is 4. The quantitative estimate of drug-likeness (QED) is 0.651. The Morgan fingerprint density at radius 1 is 1.31 bits per heavy atom. The number of H-pyrrole nitrogens is 1. The third-order valence-corrected chi connectivity index (χ3v) is 6.05. The first kappa shape index (κ1) is 17.4. The number of thioether (sulfide) groups is 1. The van der Waals surface area contributed by atoms with Gasteiger partial charge in [0, 0.05) is 46.8 Å². The molecule has 1 aliphatic heterocycles. The lowest BCUT2D eigenvalue weighted by atomic mass is 10.0. The first-order chi connectivity index (χ1) is 12.8. The molecule has 2 aromatic heterocycles. The number of nitrogens with one attached hydrogen (secondary N) is 1. The maximum atomic E-state index is 5.16. The van der Waals surface area contributed by atoms with Gasteiger partial charge in [-0.3, -0.25) is 4.90 Å². The first-order valence-corrected chi connectivity index (χ1v) is 10.4. The van der Waals surface area contributed by atoms with Crippen LogP contribution in [0, 0.1) is 0 Å². The average Bonchev–Trinajstić information content (AvgIpc) is 3.29. The second-order valence-electron chi connectivity index (χ2n) is 6.90. The Balaban J connectivity index is 1.50. The molecule has 1 atom stereocenters. The fourth-order valence-corrected chi connectivity index (χ4v) is 4.34. The van der Waals surface area contributed by atoms with E-state index in [1.165, 1.54) is 39.8 Å². The number of nitrogens with zero attached hydrogens (tertiary/aromatic N) is 2. The van der Waals surface area contributed by atoms with Crippen LogP contribution in [0.1, 0.15) is 24.0 Å². The van der Waals surface area contributed by atoms with Crippen molar-refractivity contribution in [3.8, 4) is 5.88 Å². The molecule has 0 unspecified atom stereocenters. The van der Waals surface area contributed by atoms with E-state index in [0.29, 0.717) is 11.9 Å². The molecule has 1 N–H and O–H groups in total. The molecule has 0 radical (unpaired) electrons. The lowest BCUT2D eigenvalue weighted by Crippen LogP contribution is -2.30. The van der Waals surface area contributed by atoms with Crippen LogP contribution in [-0.4, -0.2) is 40.8 Å². The normalized spacial score (nSPS) is 17.8. The third-order valence-electron chi connectivity index (χ3n) is 5.32. The smallest absolute Gasteiger partial charge is 0.212 e. The number of ether oxygens (including phenoxy) is 1. The van der Waals surface area contributed by atoms with Gasteiger partial charge in [-0.2, -0.15) is 0 Å². The van der Waals surface area contributed by atoms with Crippen molar-refractivity contribution >= 4 is 22.7 Å². The van der Waals surface area contributed by atoms with E-state index in [-0.39, 0.29) is 0 Å². The maximum Gasteiger partial charge on any atom is 0.212 e. The van der Waals surface area contributed by atoms with Crippen molar-refractivity contribution in [2.24, 2.45) is 0 Å². The number of aromatic amines is 1. The highest BCUT2D eigenvalue weighted by Gasteiger charge is 2.25. The first-order valence-electron chi connectivity index (χ1n) is 9.14. The molecule has 0 spiro atoms. The molecule has 3 heterocycles. The molecular formula is C21H25N3OS. The van der Waals surface area contributed by atoms with Crippen molar-refractivity contribution in [3.05, 3.63) is 53.9 Å². The molecule has 1 fully saturated rings. The Hall–Kier alpha value is -1.98. The van der Waals surface area contributed by atoms with Crippen LogP contribution < -0.4 is 4.74 Å².